The zero-order valence-electron chi connectivity index (χ0n) is 18.1. The maximum absolute atomic E-state index is 13.1. The molecule has 3 heterocycles. The number of amides is 5. The molecule has 2 aromatic rings. The average molecular weight is 469 g/mol. The third kappa shape index (κ3) is 4.72. The Hall–Kier alpha value is -4.29. The molecular formula is C21H23N7O6. The van der Waals surface area contributed by atoms with E-state index < -0.39 is 35.8 Å². The van der Waals surface area contributed by atoms with Crippen LogP contribution in [0.3, 0.4) is 0 Å². The first-order valence-corrected chi connectivity index (χ1v) is 10.8. The Morgan fingerprint density at radius 1 is 1.18 bits per heavy atom. The molecule has 0 spiro atoms. The zero-order chi connectivity index (χ0) is 24.2. The Morgan fingerprint density at radius 2 is 2.00 bits per heavy atom. The van der Waals surface area contributed by atoms with Crippen LogP contribution in [0.4, 0.5) is 10.5 Å². The maximum Gasteiger partial charge on any atom is 0.404 e. The summed E-state index contributed by atoms with van der Waals surface area (Å²) in [7, 11) is 0. The fourth-order valence-electron chi connectivity index (χ4n) is 3.97. The second kappa shape index (κ2) is 9.68. The van der Waals surface area contributed by atoms with Crippen molar-refractivity contribution in [2.45, 2.75) is 44.8 Å². The van der Waals surface area contributed by atoms with Gasteiger partial charge in [-0.05, 0) is 31.4 Å². The van der Waals surface area contributed by atoms with E-state index in [1.165, 1.54) is 6.07 Å². The SMILES string of the molecule is O=C(O)NCCCCn1cc(CNc2cccc3c2C(=O)N(C2CCC(=O)NC2=O)C3=O)nn1. The van der Waals surface area contributed by atoms with Crippen LogP contribution in [0.2, 0.25) is 0 Å². The number of hydrogen-bond acceptors (Lipinski definition) is 8. The van der Waals surface area contributed by atoms with E-state index in [1.807, 2.05) is 0 Å². The second-order valence-electron chi connectivity index (χ2n) is 7.94. The lowest BCUT2D eigenvalue weighted by atomic mass is 10.0. The number of nitrogens with zero attached hydrogens (tertiary/aromatic N) is 4. The number of fused-ring (bicyclic) bond motifs is 1. The van der Waals surface area contributed by atoms with Crippen LogP contribution in [0.5, 0.6) is 0 Å². The minimum atomic E-state index is -1.05. The standard InChI is InChI=1S/C21H23N7O6/c29-16-7-6-15(18(30)24-16)28-19(31)13-4-3-5-14(17(13)20(28)32)23-10-12-11-27(26-25-12)9-2-1-8-22-21(33)34/h3-5,11,15,22-23H,1-2,6-10H2,(H,33,34)(H,24,29,30). The van der Waals surface area contributed by atoms with E-state index in [4.69, 9.17) is 5.11 Å². The van der Waals surface area contributed by atoms with Crippen LogP contribution in [0.15, 0.2) is 24.4 Å². The Balaban J connectivity index is 1.39. The molecule has 2 aliphatic heterocycles. The van der Waals surface area contributed by atoms with E-state index in [-0.39, 0.29) is 30.5 Å². The van der Waals surface area contributed by atoms with Crippen molar-refractivity contribution in [3.63, 3.8) is 0 Å². The number of unbranched alkanes of at least 4 members (excludes halogenated alkanes) is 1. The number of carbonyl (C=O) groups excluding carboxylic acids is 4. The van der Waals surface area contributed by atoms with Crippen molar-refractivity contribution in [3.05, 3.63) is 41.2 Å². The number of imide groups is 2. The summed E-state index contributed by atoms with van der Waals surface area (Å²) in [5.41, 5.74) is 1.41. The van der Waals surface area contributed by atoms with E-state index in [9.17, 15) is 24.0 Å². The van der Waals surface area contributed by atoms with E-state index >= 15 is 0 Å². The average Bonchev–Trinajstić information content (AvgIpc) is 3.35. The van der Waals surface area contributed by atoms with Crippen molar-refractivity contribution in [3.8, 4) is 0 Å². The van der Waals surface area contributed by atoms with Crippen LogP contribution in [0.25, 0.3) is 0 Å². The molecule has 0 radical (unpaired) electrons. The van der Waals surface area contributed by atoms with Crippen molar-refractivity contribution < 1.29 is 29.1 Å². The lowest BCUT2D eigenvalue weighted by Gasteiger charge is -2.27. The van der Waals surface area contributed by atoms with Crippen molar-refractivity contribution in [2.24, 2.45) is 0 Å². The maximum atomic E-state index is 13.1. The Labute approximate surface area is 193 Å². The second-order valence-corrected chi connectivity index (χ2v) is 7.94. The van der Waals surface area contributed by atoms with Gasteiger partial charge < -0.3 is 15.7 Å². The molecule has 1 saturated heterocycles. The normalized spacial score (nSPS) is 17.5. The van der Waals surface area contributed by atoms with Gasteiger partial charge in [0.05, 0.1) is 23.9 Å². The lowest BCUT2D eigenvalue weighted by molar-refractivity contribution is -0.136. The Kier molecular flexibility index (Phi) is 6.52. The summed E-state index contributed by atoms with van der Waals surface area (Å²) in [6.45, 7) is 1.18. The fraction of sp³-hybridized carbons (Fsp3) is 0.381. The topological polar surface area (TPSA) is 176 Å². The summed E-state index contributed by atoms with van der Waals surface area (Å²) < 4.78 is 1.65. The third-order valence-corrected chi connectivity index (χ3v) is 5.60. The van der Waals surface area contributed by atoms with Crippen LogP contribution in [0.1, 0.15) is 52.1 Å². The highest BCUT2D eigenvalue weighted by molar-refractivity contribution is 6.25. The van der Waals surface area contributed by atoms with Gasteiger partial charge in [-0.3, -0.25) is 34.1 Å². The van der Waals surface area contributed by atoms with Gasteiger partial charge in [0.2, 0.25) is 11.8 Å². The van der Waals surface area contributed by atoms with Crippen molar-refractivity contribution >= 4 is 35.4 Å². The summed E-state index contributed by atoms with van der Waals surface area (Å²) in [6, 6.07) is 3.81. The number of carbonyl (C=O) groups is 5. The molecule has 4 rings (SSSR count). The summed E-state index contributed by atoms with van der Waals surface area (Å²) >= 11 is 0. The highest BCUT2D eigenvalue weighted by Gasteiger charge is 2.45. The number of benzene rings is 1. The lowest BCUT2D eigenvalue weighted by Crippen LogP contribution is -2.54. The number of anilines is 1. The quantitative estimate of drug-likeness (QED) is 0.298. The molecule has 1 unspecified atom stereocenters. The Bertz CT molecular complexity index is 1160. The number of piperidine rings is 1. The van der Waals surface area contributed by atoms with Crippen molar-refractivity contribution in [2.75, 3.05) is 11.9 Å². The van der Waals surface area contributed by atoms with Crippen LogP contribution < -0.4 is 16.0 Å². The molecule has 0 aliphatic carbocycles. The summed E-state index contributed by atoms with van der Waals surface area (Å²) in [5.74, 6) is -2.24. The first kappa shape index (κ1) is 22.9. The van der Waals surface area contributed by atoms with Gasteiger partial charge in [0.25, 0.3) is 11.8 Å². The molecule has 13 nitrogen and oxygen atoms in total. The summed E-state index contributed by atoms with van der Waals surface area (Å²) in [5, 5.41) is 24.3. The predicted molar refractivity (Wildman–Crippen MR) is 116 cm³/mol. The molecule has 1 fully saturated rings. The van der Waals surface area contributed by atoms with Gasteiger partial charge in [-0.15, -0.1) is 5.10 Å². The molecule has 2 aliphatic rings. The van der Waals surface area contributed by atoms with Crippen LogP contribution in [-0.4, -0.2) is 67.3 Å². The van der Waals surface area contributed by atoms with Gasteiger partial charge in [0.1, 0.15) is 11.7 Å². The van der Waals surface area contributed by atoms with Gasteiger partial charge in [-0.25, -0.2) is 4.79 Å². The number of hydrogen-bond donors (Lipinski definition) is 4. The van der Waals surface area contributed by atoms with Crippen LogP contribution in [-0.2, 0) is 22.7 Å². The first-order valence-electron chi connectivity index (χ1n) is 10.8. The number of carboxylic acid groups (broad SMARTS) is 1. The van der Waals surface area contributed by atoms with Gasteiger partial charge in [-0.1, -0.05) is 11.3 Å². The highest BCUT2D eigenvalue weighted by atomic mass is 16.4. The van der Waals surface area contributed by atoms with E-state index in [0.29, 0.717) is 30.9 Å². The molecule has 13 heteroatoms. The molecule has 178 valence electrons. The van der Waals surface area contributed by atoms with Crippen molar-refractivity contribution in [1.29, 1.82) is 0 Å². The highest BCUT2D eigenvalue weighted by Crippen LogP contribution is 2.32. The van der Waals surface area contributed by atoms with Gasteiger partial charge in [0.15, 0.2) is 0 Å². The van der Waals surface area contributed by atoms with Crippen LogP contribution in [0, 0.1) is 0 Å². The number of nitrogens with one attached hydrogen (secondary N) is 3. The van der Waals surface area contributed by atoms with E-state index in [2.05, 4.69) is 26.3 Å². The first-order chi connectivity index (χ1) is 16.3. The molecule has 34 heavy (non-hydrogen) atoms. The molecule has 1 atom stereocenters. The van der Waals surface area contributed by atoms with Gasteiger partial charge in [0, 0.05) is 25.2 Å². The summed E-state index contributed by atoms with van der Waals surface area (Å²) in [6.07, 6.45) is 2.21. The zero-order valence-corrected chi connectivity index (χ0v) is 18.1. The minimum absolute atomic E-state index is 0.0562. The summed E-state index contributed by atoms with van der Waals surface area (Å²) in [4.78, 5) is 61.0. The molecule has 0 bridgehead atoms. The molecule has 1 aromatic carbocycles. The fourth-order valence-corrected chi connectivity index (χ4v) is 3.97. The molecule has 5 amide bonds. The Morgan fingerprint density at radius 3 is 2.76 bits per heavy atom. The molecule has 0 saturated carbocycles. The molecular weight excluding hydrogens is 446 g/mol. The van der Waals surface area contributed by atoms with E-state index in [0.717, 1.165) is 11.3 Å². The third-order valence-electron chi connectivity index (χ3n) is 5.60. The molecule has 1 aromatic heterocycles. The number of rotatable bonds is 9. The smallest absolute Gasteiger partial charge is 0.404 e. The van der Waals surface area contributed by atoms with Crippen molar-refractivity contribution in [1.82, 2.24) is 30.5 Å². The minimum Gasteiger partial charge on any atom is -0.465 e. The molecule has 4 N–H and O–H groups in total. The van der Waals surface area contributed by atoms with Crippen LogP contribution >= 0.6 is 0 Å². The van der Waals surface area contributed by atoms with Gasteiger partial charge >= 0.3 is 6.09 Å². The number of aromatic nitrogens is 3. The van der Waals surface area contributed by atoms with Gasteiger partial charge in [-0.2, -0.15) is 0 Å². The number of aryl methyl sites for hydroxylation is 1. The van der Waals surface area contributed by atoms with E-state index in [1.54, 1.807) is 23.0 Å². The predicted octanol–water partition coefficient (Wildman–Crippen LogP) is 0.339. The monoisotopic (exact) mass is 469 g/mol. The largest absolute Gasteiger partial charge is 0.465 e.